The molecule has 20 heavy (non-hydrogen) atoms. The maximum absolute atomic E-state index is 6.26. The Bertz CT molecular complexity index is 663. The third-order valence-corrected chi connectivity index (χ3v) is 6.20. The lowest BCUT2D eigenvalue weighted by atomic mass is 10.0. The SMILES string of the molecule is Clc1oc2ccccc2c1CNC1C2C3CCC(C3)C12. The van der Waals surface area contributed by atoms with Crippen LogP contribution in [0.2, 0.25) is 5.22 Å². The minimum Gasteiger partial charge on any atom is -0.444 e. The molecule has 0 amide bonds. The minimum atomic E-state index is 0.549. The van der Waals surface area contributed by atoms with E-state index in [4.69, 9.17) is 16.0 Å². The summed E-state index contributed by atoms with van der Waals surface area (Å²) >= 11 is 6.26. The zero-order valence-corrected chi connectivity index (χ0v) is 12.1. The van der Waals surface area contributed by atoms with Gasteiger partial charge in [0.2, 0.25) is 0 Å². The highest BCUT2D eigenvalue weighted by Crippen LogP contribution is 2.65. The van der Waals surface area contributed by atoms with Gasteiger partial charge in [-0.05, 0) is 60.6 Å². The Labute approximate surface area is 123 Å². The van der Waals surface area contributed by atoms with Gasteiger partial charge >= 0.3 is 0 Å². The van der Waals surface area contributed by atoms with Crippen LogP contribution in [0.3, 0.4) is 0 Å². The Hall–Kier alpha value is -0.990. The molecule has 0 radical (unpaired) electrons. The lowest BCUT2D eigenvalue weighted by molar-refractivity contribution is 0.456. The topological polar surface area (TPSA) is 25.2 Å². The van der Waals surface area contributed by atoms with E-state index >= 15 is 0 Å². The first kappa shape index (κ1) is 11.6. The smallest absolute Gasteiger partial charge is 0.199 e. The molecule has 0 aliphatic heterocycles. The lowest BCUT2D eigenvalue weighted by Gasteiger charge is -2.10. The first-order valence-electron chi connectivity index (χ1n) is 7.72. The summed E-state index contributed by atoms with van der Waals surface area (Å²) in [6, 6.07) is 8.85. The van der Waals surface area contributed by atoms with E-state index in [-0.39, 0.29) is 0 Å². The van der Waals surface area contributed by atoms with Crippen molar-refractivity contribution in [3.8, 4) is 0 Å². The van der Waals surface area contributed by atoms with Crippen LogP contribution in [0.1, 0.15) is 24.8 Å². The van der Waals surface area contributed by atoms with Crippen molar-refractivity contribution < 1.29 is 4.42 Å². The number of para-hydroxylation sites is 1. The maximum atomic E-state index is 6.26. The fourth-order valence-corrected chi connectivity index (χ4v) is 5.30. The van der Waals surface area contributed by atoms with E-state index in [9.17, 15) is 0 Å². The van der Waals surface area contributed by atoms with Gasteiger partial charge in [0.15, 0.2) is 5.22 Å². The third-order valence-electron chi connectivity index (χ3n) is 5.90. The van der Waals surface area contributed by atoms with Gasteiger partial charge in [-0.2, -0.15) is 0 Å². The standard InChI is InChI=1S/C17H18ClNO/c18-17-12(11-3-1-2-4-13(11)20-17)8-19-16-14-9-5-6-10(7-9)15(14)16/h1-4,9-10,14-16,19H,5-8H2. The number of halogens is 1. The second-order valence-electron chi connectivity index (χ2n) is 6.75. The molecule has 2 nitrogen and oxygen atoms in total. The highest BCUT2D eigenvalue weighted by Gasteiger charge is 2.64. The zero-order valence-electron chi connectivity index (χ0n) is 11.3. The van der Waals surface area contributed by atoms with Gasteiger partial charge in [-0.1, -0.05) is 18.2 Å². The molecule has 3 heteroatoms. The molecule has 4 unspecified atom stereocenters. The van der Waals surface area contributed by atoms with Crippen molar-refractivity contribution in [1.82, 2.24) is 5.32 Å². The molecule has 1 heterocycles. The second-order valence-corrected chi connectivity index (χ2v) is 7.09. The first-order valence-corrected chi connectivity index (χ1v) is 8.10. The second kappa shape index (κ2) is 4.02. The molecule has 3 fully saturated rings. The van der Waals surface area contributed by atoms with E-state index in [0.29, 0.717) is 5.22 Å². The van der Waals surface area contributed by atoms with Crippen LogP contribution in [0, 0.1) is 23.7 Å². The van der Waals surface area contributed by atoms with Crippen molar-refractivity contribution in [1.29, 1.82) is 0 Å². The Morgan fingerprint density at radius 2 is 1.90 bits per heavy atom. The van der Waals surface area contributed by atoms with Gasteiger partial charge in [0, 0.05) is 23.5 Å². The summed E-state index contributed by atoms with van der Waals surface area (Å²) in [5, 5.41) is 5.45. The Kier molecular flexibility index (Phi) is 2.34. The van der Waals surface area contributed by atoms with E-state index in [0.717, 1.165) is 52.8 Å². The van der Waals surface area contributed by atoms with Crippen molar-refractivity contribution in [2.24, 2.45) is 23.7 Å². The fraction of sp³-hybridized carbons (Fsp3) is 0.529. The molecule has 0 spiro atoms. The number of nitrogens with one attached hydrogen (secondary N) is 1. The van der Waals surface area contributed by atoms with Crippen LogP contribution in [0.4, 0.5) is 0 Å². The van der Waals surface area contributed by atoms with Crippen LogP contribution in [0.15, 0.2) is 28.7 Å². The molecule has 1 aromatic carbocycles. The molecular weight excluding hydrogens is 270 g/mol. The van der Waals surface area contributed by atoms with Gasteiger partial charge < -0.3 is 9.73 Å². The molecule has 5 rings (SSSR count). The molecule has 3 aliphatic carbocycles. The predicted molar refractivity (Wildman–Crippen MR) is 79.7 cm³/mol. The van der Waals surface area contributed by atoms with Gasteiger partial charge in [0.25, 0.3) is 0 Å². The molecule has 2 aromatic rings. The third kappa shape index (κ3) is 1.49. The van der Waals surface area contributed by atoms with Crippen LogP contribution >= 0.6 is 11.6 Å². The van der Waals surface area contributed by atoms with Crippen LogP contribution < -0.4 is 5.32 Å². The Balaban J connectivity index is 1.36. The van der Waals surface area contributed by atoms with E-state index in [1.807, 2.05) is 18.2 Å². The van der Waals surface area contributed by atoms with Crippen molar-refractivity contribution in [3.05, 3.63) is 35.0 Å². The largest absolute Gasteiger partial charge is 0.444 e. The molecular formula is C17H18ClNO. The molecule has 0 saturated heterocycles. The molecule has 1 N–H and O–H groups in total. The summed E-state index contributed by atoms with van der Waals surface area (Å²) in [5.74, 6) is 3.95. The summed E-state index contributed by atoms with van der Waals surface area (Å²) in [5.41, 5.74) is 2.02. The highest BCUT2D eigenvalue weighted by atomic mass is 35.5. The molecule has 4 atom stereocenters. The molecule has 3 saturated carbocycles. The Morgan fingerprint density at radius 1 is 1.15 bits per heavy atom. The number of hydrogen-bond donors (Lipinski definition) is 1. The number of hydrogen-bond acceptors (Lipinski definition) is 2. The number of benzene rings is 1. The lowest BCUT2D eigenvalue weighted by Crippen LogP contribution is -2.22. The summed E-state index contributed by atoms with van der Waals surface area (Å²) in [4.78, 5) is 0. The van der Waals surface area contributed by atoms with Crippen molar-refractivity contribution in [3.63, 3.8) is 0 Å². The Morgan fingerprint density at radius 3 is 2.70 bits per heavy atom. The molecule has 104 valence electrons. The van der Waals surface area contributed by atoms with E-state index in [2.05, 4.69) is 11.4 Å². The fourth-order valence-electron chi connectivity index (χ4n) is 5.05. The van der Waals surface area contributed by atoms with Gasteiger partial charge in [-0.3, -0.25) is 0 Å². The monoisotopic (exact) mass is 287 g/mol. The van der Waals surface area contributed by atoms with Crippen LogP contribution in [0.25, 0.3) is 11.0 Å². The number of furan rings is 1. The summed E-state index contributed by atoms with van der Waals surface area (Å²) in [6.07, 6.45) is 4.45. The average molecular weight is 288 g/mol. The molecule has 1 aromatic heterocycles. The van der Waals surface area contributed by atoms with Gasteiger partial charge in [-0.15, -0.1) is 0 Å². The maximum Gasteiger partial charge on any atom is 0.199 e. The van der Waals surface area contributed by atoms with Gasteiger partial charge in [-0.25, -0.2) is 0 Å². The summed E-state index contributed by atoms with van der Waals surface area (Å²) in [7, 11) is 0. The molecule has 2 bridgehead atoms. The minimum absolute atomic E-state index is 0.549. The van der Waals surface area contributed by atoms with Crippen LogP contribution in [-0.2, 0) is 6.54 Å². The quantitative estimate of drug-likeness (QED) is 0.914. The first-order chi connectivity index (χ1) is 9.83. The van der Waals surface area contributed by atoms with E-state index < -0.39 is 0 Å². The van der Waals surface area contributed by atoms with Crippen molar-refractivity contribution in [2.45, 2.75) is 31.8 Å². The number of rotatable bonds is 3. The predicted octanol–water partition coefficient (Wildman–Crippen LogP) is 4.22. The van der Waals surface area contributed by atoms with E-state index in [1.165, 1.54) is 19.3 Å². The van der Waals surface area contributed by atoms with Crippen molar-refractivity contribution in [2.75, 3.05) is 0 Å². The zero-order chi connectivity index (χ0) is 13.3. The average Bonchev–Trinajstić information content (AvgIpc) is 2.77. The summed E-state index contributed by atoms with van der Waals surface area (Å²) < 4.78 is 5.63. The normalized spacial score (nSPS) is 37.5. The van der Waals surface area contributed by atoms with Gasteiger partial charge in [0.1, 0.15) is 5.58 Å². The van der Waals surface area contributed by atoms with Crippen molar-refractivity contribution >= 4 is 22.6 Å². The number of fused-ring (bicyclic) bond motifs is 6. The summed E-state index contributed by atoms with van der Waals surface area (Å²) in [6.45, 7) is 0.840. The van der Waals surface area contributed by atoms with Crippen LogP contribution in [0.5, 0.6) is 0 Å². The van der Waals surface area contributed by atoms with Gasteiger partial charge in [0.05, 0.1) is 0 Å². The van der Waals surface area contributed by atoms with E-state index in [1.54, 1.807) is 0 Å². The van der Waals surface area contributed by atoms with Crippen LogP contribution in [-0.4, -0.2) is 6.04 Å². The highest BCUT2D eigenvalue weighted by molar-refractivity contribution is 6.30. The molecule has 3 aliphatic rings.